The van der Waals surface area contributed by atoms with E-state index in [0.717, 1.165) is 0 Å². The fraction of sp³-hybridized carbons (Fsp3) is 0.294. The van der Waals surface area contributed by atoms with Crippen LogP contribution < -0.4 is 5.32 Å². The topological polar surface area (TPSA) is 68.5 Å². The average Bonchev–Trinajstić information content (AvgIpc) is 2.93. The maximum atomic E-state index is 13.7. The van der Waals surface area contributed by atoms with Crippen LogP contribution in [0.3, 0.4) is 0 Å². The van der Waals surface area contributed by atoms with Crippen molar-refractivity contribution in [1.29, 1.82) is 0 Å². The Balaban J connectivity index is 1.99. The van der Waals surface area contributed by atoms with Crippen molar-refractivity contribution < 1.29 is 23.1 Å². The predicted molar refractivity (Wildman–Crippen MR) is 82.3 cm³/mol. The third kappa shape index (κ3) is 4.67. The van der Waals surface area contributed by atoms with Gasteiger partial charge >= 0.3 is 5.97 Å². The van der Waals surface area contributed by atoms with E-state index in [2.05, 4.69) is 5.32 Å². The summed E-state index contributed by atoms with van der Waals surface area (Å²) in [5.74, 6) is -1.52. The van der Waals surface area contributed by atoms with E-state index in [0.29, 0.717) is 0 Å². The number of hydrogen-bond donors (Lipinski definition) is 1. The molecule has 0 fully saturated rings. The second-order valence-electron chi connectivity index (χ2n) is 6.02. The first kappa shape index (κ1) is 16.7. The molecular weight excluding hydrogens is 301 g/mol. The minimum atomic E-state index is -0.781. The van der Waals surface area contributed by atoms with Gasteiger partial charge in [0.1, 0.15) is 11.6 Å². The SMILES string of the molecule is CC(C)(C)NC(=O)COC(=O)c1ccc(-c2ccccc2F)o1. The standard InChI is InChI=1S/C17H18FNO4/c1-17(2,3)19-15(20)10-22-16(21)14-9-8-13(23-14)11-6-4-5-7-12(11)18/h4-9H,10H2,1-3H3,(H,19,20). The molecule has 0 saturated heterocycles. The maximum absolute atomic E-state index is 13.7. The summed E-state index contributed by atoms with van der Waals surface area (Å²) in [6.07, 6.45) is 0. The van der Waals surface area contributed by atoms with E-state index in [1.54, 1.807) is 18.2 Å². The number of ether oxygens (including phenoxy) is 1. The Morgan fingerprint density at radius 1 is 1.17 bits per heavy atom. The van der Waals surface area contributed by atoms with Crippen LogP contribution >= 0.6 is 0 Å². The highest BCUT2D eigenvalue weighted by molar-refractivity contribution is 5.89. The van der Waals surface area contributed by atoms with E-state index in [9.17, 15) is 14.0 Å². The van der Waals surface area contributed by atoms with Crippen LogP contribution in [0.4, 0.5) is 4.39 Å². The first-order chi connectivity index (χ1) is 10.8. The van der Waals surface area contributed by atoms with Gasteiger partial charge in [-0.1, -0.05) is 12.1 Å². The molecule has 1 N–H and O–H groups in total. The van der Waals surface area contributed by atoms with E-state index < -0.39 is 29.8 Å². The van der Waals surface area contributed by atoms with Gasteiger partial charge in [0.25, 0.3) is 5.91 Å². The Bertz CT molecular complexity index is 715. The Morgan fingerprint density at radius 3 is 2.52 bits per heavy atom. The molecule has 0 radical (unpaired) electrons. The number of amides is 1. The average molecular weight is 319 g/mol. The first-order valence-electron chi connectivity index (χ1n) is 7.09. The molecule has 1 aromatic heterocycles. The Labute approximate surface area is 133 Å². The summed E-state index contributed by atoms with van der Waals surface area (Å²) < 4.78 is 23.8. The van der Waals surface area contributed by atoms with Gasteiger partial charge in [-0.05, 0) is 45.0 Å². The van der Waals surface area contributed by atoms with Gasteiger partial charge in [0.2, 0.25) is 5.76 Å². The van der Waals surface area contributed by atoms with Crippen molar-refractivity contribution in [1.82, 2.24) is 5.32 Å². The van der Waals surface area contributed by atoms with E-state index in [4.69, 9.17) is 9.15 Å². The van der Waals surface area contributed by atoms with E-state index in [-0.39, 0.29) is 17.1 Å². The van der Waals surface area contributed by atoms with Gasteiger partial charge in [-0.15, -0.1) is 0 Å². The Morgan fingerprint density at radius 2 is 1.87 bits per heavy atom. The lowest BCUT2D eigenvalue weighted by atomic mass is 10.1. The second-order valence-corrected chi connectivity index (χ2v) is 6.02. The summed E-state index contributed by atoms with van der Waals surface area (Å²) in [6, 6.07) is 8.92. The van der Waals surface area contributed by atoms with Crippen LogP contribution in [0, 0.1) is 5.82 Å². The molecule has 1 amide bonds. The fourth-order valence-electron chi connectivity index (χ4n) is 1.91. The van der Waals surface area contributed by atoms with Crippen LogP contribution in [0.25, 0.3) is 11.3 Å². The van der Waals surface area contributed by atoms with Gasteiger partial charge in [0, 0.05) is 5.54 Å². The zero-order valence-electron chi connectivity index (χ0n) is 13.2. The zero-order chi connectivity index (χ0) is 17.0. The number of halogens is 1. The smallest absolute Gasteiger partial charge is 0.374 e. The largest absolute Gasteiger partial charge is 0.450 e. The van der Waals surface area contributed by atoms with Crippen LogP contribution in [0.2, 0.25) is 0 Å². The predicted octanol–water partition coefficient (Wildman–Crippen LogP) is 3.16. The van der Waals surface area contributed by atoms with Gasteiger partial charge < -0.3 is 14.5 Å². The van der Waals surface area contributed by atoms with E-state index >= 15 is 0 Å². The minimum Gasteiger partial charge on any atom is -0.450 e. The van der Waals surface area contributed by atoms with Gasteiger partial charge in [0.15, 0.2) is 6.61 Å². The van der Waals surface area contributed by atoms with Gasteiger partial charge in [0.05, 0.1) is 5.56 Å². The fourth-order valence-corrected chi connectivity index (χ4v) is 1.91. The molecule has 0 unspecified atom stereocenters. The molecule has 0 atom stereocenters. The number of nitrogens with one attached hydrogen (secondary N) is 1. The van der Waals surface area contributed by atoms with Gasteiger partial charge in [-0.3, -0.25) is 4.79 Å². The third-order valence-electron chi connectivity index (χ3n) is 2.80. The molecule has 5 nitrogen and oxygen atoms in total. The highest BCUT2D eigenvalue weighted by Crippen LogP contribution is 2.25. The first-order valence-corrected chi connectivity index (χ1v) is 7.09. The summed E-state index contributed by atoms with van der Waals surface area (Å²) in [4.78, 5) is 23.5. The van der Waals surface area contributed by atoms with Crippen molar-refractivity contribution >= 4 is 11.9 Å². The molecule has 0 bridgehead atoms. The van der Waals surface area contributed by atoms with Crippen molar-refractivity contribution in [3.63, 3.8) is 0 Å². The van der Waals surface area contributed by atoms with E-state index in [1.165, 1.54) is 18.2 Å². The highest BCUT2D eigenvalue weighted by atomic mass is 19.1. The number of benzene rings is 1. The van der Waals surface area contributed by atoms with Gasteiger partial charge in [-0.2, -0.15) is 0 Å². The number of furan rings is 1. The quantitative estimate of drug-likeness (QED) is 0.879. The minimum absolute atomic E-state index is 0.0909. The second kappa shape index (κ2) is 6.64. The molecule has 0 aliphatic rings. The molecule has 0 spiro atoms. The number of carbonyl (C=O) groups excluding carboxylic acids is 2. The number of esters is 1. The molecule has 0 aliphatic heterocycles. The van der Waals surface area contributed by atoms with Crippen LogP contribution in [0.15, 0.2) is 40.8 Å². The summed E-state index contributed by atoms with van der Waals surface area (Å²) in [6.45, 7) is 5.05. The third-order valence-corrected chi connectivity index (χ3v) is 2.80. The van der Waals surface area contributed by atoms with Crippen molar-refractivity contribution in [3.05, 3.63) is 48.0 Å². The number of rotatable bonds is 4. The number of carbonyl (C=O) groups is 2. The van der Waals surface area contributed by atoms with Crippen molar-refractivity contribution in [2.45, 2.75) is 26.3 Å². The maximum Gasteiger partial charge on any atom is 0.374 e. The molecule has 0 saturated carbocycles. The Kier molecular flexibility index (Phi) is 4.83. The van der Waals surface area contributed by atoms with Crippen LogP contribution in [0.5, 0.6) is 0 Å². The molecule has 0 aliphatic carbocycles. The molecule has 2 rings (SSSR count). The van der Waals surface area contributed by atoms with Crippen molar-refractivity contribution in [2.75, 3.05) is 6.61 Å². The lowest BCUT2D eigenvalue weighted by molar-refractivity contribution is -0.125. The monoisotopic (exact) mass is 319 g/mol. The molecular formula is C17H18FNO4. The molecule has 2 aromatic rings. The van der Waals surface area contributed by atoms with Crippen LogP contribution in [0.1, 0.15) is 31.3 Å². The molecule has 6 heteroatoms. The lowest BCUT2D eigenvalue weighted by Gasteiger charge is -2.20. The Hall–Kier alpha value is -2.63. The molecule has 1 heterocycles. The lowest BCUT2D eigenvalue weighted by Crippen LogP contribution is -2.42. The molecule has 122 valence electrons. The summed E-state index contributed by atoms with van der Waals surface area (Å²) in [5, 5.41) is 2.67. The summed E-state index contributed by atoms with van der Waals surface area (Å²) >= 11 is 0. The van der Waals surface area contributed by atoms with Crippen LogP contribution in [-0.4, -0.2) is 24.0 Å². The van der Waals surface area contributed by atoms with Crippen LogP contribution in [-0.2, 0) is 9.53 Å². The van der Waals surface area contributed by atoms with Crippen molar-refractivity contribution in [3.8, 4) is 11.3 Å². The van der Waals surface area contributed by atoms with Crippen molar-refractivity contribution in [2.24, 2.45) is 0 Å². The molecule has 23 heavy (non-hydrogen) atoms. The van der Waals surface area contributed by atoms with Gasteiger partial charge in [-0.25, -0.2) is 9.18 Å². The van der Waals surface area contributed by atoms with E-state index in [1.807, 2.05) is 20.8 Å². The zero-order valence-corrected chi connectivity index (χ0v) is 13.2. The normalized spacial score (nSPS) is 11.1. The summed E-state index contributed by atoms with van der Waals surface area (Å²) in [5.41, 5.74) is -0.163. The summed E-state index contributed by atoms with van der Waals surface area (Å²) in [7, 11) is 0. The molecule has 1 aromatic carbocycles. The highest BCUT2D eigenvalue weighted by Gasteiger charge is 2.18. The number of hydrogen-bond acceptors (Lipinski definition) is 4.